The minimum Gasteiger partial charge on any atom is -0.439 e. The minimum atomic E-state index is -3.80. The topological polar surface area (TPSA) is 99.0 Å². The van der Waals surface area contributed by atoms with Gasteiger partial charge in [-0.25, -0.2) is 23.4 Å². The molecule has 0 unspecified atom stereocenters. The predicted molar refractivity (Wildman–Crippen MR) is 113 cm³/mol. The van der Waals surface area contributed by atoms with Gasteiger partial charge in [-0.3, -0.25) is 9.29 Å². The SMILES string of the molecule is Cc1nccn1-c1cc(Oc2ccc(NS(=O)(=O)c3ccccc3Cl)cc2)ncn1. The number of nitrogens with zero attached hydrogens (tertiary/aromatic N) is 4. The number of aromatic nitrogens is 4. The monoisotopic (exact) mass is 441 g/mol. The highest BCUT2D eigenvalue weighted by molar-refractivity contribution is 7.92. The van der Waals surface area contributed by atoms with Crippen LogP contribution in [-0.4, -0.2) is 27.9 Å². The molecule has 2 aromatic carbocycles. The van der Waals surface area contributed by atoms with Crippen molar-refractivity contribution in [1.29, 1.82) is 0 Å². The molecule has 4 rings (SSSR count). The lowest BCUT2D eigenvalue weighted by molar-refractivity contribution is 0.461. The van der Waals surface area contributed by atoms with Crippen molar-refractivity contribution >= 4 is 27.3 Å². The number of hydrogen-bond donors (Lipinski definition) is 1. The average molecular weight is 442 g/mol. The molecule has 0 atom stereocenters. The summed E-state index contributed by atoms with van der Waals surface area (Å²) in [4.78, 5) is 12.5. The van der Waals surface area contributed by atoms with Crippen molar-refractivity contribution in [3.63, 3.8) is 0 Å². The molecule has 0 fully saturated rings. The maximum Gasteiger partial charge on any atom is 0.263 e. The van der Waals surface area contributed by atoms with E-state index in [0.29, 0.717) is 23.1 Å². The first-order valence-electron chi connectivity index (χ1n) is 8.80. The summed E-state index contributed by atoms with van der Waals surface area (Å²) in [5, 5.41) is 0.151. The lowest BCUT2D eigenvalue weighted by atomic mass is 10.3. The second-order valence-corrected chi connectivity index (χ2v) is 8.28. The van der Waals surface area contributed by atoms with E-state index in [1.165, 1.54) is 18.5 Å². The molecule has 0 aliphatic rings. The molecule has 0 amide bonds. The first kappa shape index (κ1) is 19.9. The number of sulfonamides is 1. The van der Waals surface area contributed by atoms with Crippen LogP contribution in [0.25, 0.3) is 5.82 Å². The van der Waals surface area contributed by atoms with Crippen molar-refractivity contribution in [2.75, 3.05) is 4.72 Å². The minimum absolute atomic E-state index is 0.00954. The molecular weight excluding hydrogens is 426 g/mol. The van der Waals surface area contributed by atoms with E-state index in [2.05, 4.69) is 19.7 Å². The molecule has 0 radical (unpaired) electrons. The molecule has 1 N–H and O–H groups in total. The van der Waals surface area contributed by atoms with Crippen molar-refractivity contribution in [2.24, 2.45) is 0 Å². The van der Waals surface area contributed by atoms with E-state index in [1.54, 1.807) is 59.4 Å². The predicted octanol–water partition coefficient (Wildman–Crippen LogP) is 4.22. The Bertz CT molecular complexity index is 1290. The Morgan fingerprint density at radius 1 is 1.03 bits per heavy atom. The summed E-state index contributed by atoms with van der Waals surface area (Å²) in [5.41, 5.74) is 0.375. The molecule has 0 saturated heterocycles. The van der Waals surface area contributed by atoms with Gasteiger partial charge in [0.1, 0.15) is 28.6 Å². The van der Waals surface area contributed by atoms with Crippen molar-refractivity contribution in [1.82, 2.24) is 19.5 Å². The zero-order valence-corrected chi connectivity index (χ0v) is 17.3. The number of imidazole rings is 1. The van der Waals surface area contributed by atoms with E-state index < -0.39 is 10.0 Å². The number of aryl methyl sites for hydroxylation is 1. The van der Waals surface area contributed by atoms with Crippen LogP contribution in [0.1, 0.15) is 5.82 Å². The highest BCUT2D eigenvalue weighted by Crippen LogP contribution is 2.26. The van der Waals surface area contributed by atoms with Crippen LogP contribution >= 0.6 is 11.6 Å². The number of rotatable bonds is 6. The molecule has 30 heavy (non-hydrogen) atoms. The fraction of sp³-hybridized carbons (Fsp3) is 0.0500. The Balaban J connectivity index is 1.50. The summed E-state index contributed by atoms with van der Waals surface area (Å²) in [6.07, 6.45) is 4.87. The Morgan fingerprint density at radius 3 is 2.50 bits per heavy atom. The Labute approximate surface area is 178 Å². The second kappa shape index (κ2) is 8.13. The number of benzene rings is 2. The smallest absolute Gasteiger partial charge is 0.263 e. The van der Waals surface area contributed by atoms with Gasteiger partial charge in [0.05, 0.1) is 5.02 Å². The quantitative estimate of drug-likeness (QED) is 0.481. The van der Waals surface area contributed by atoms with Crippen LogP contribution < -0.4 is 9.46 Å². The summed E-state index contributed by atoms with van der Waals surface area (Å²) in [6, 6.07) is 14.4. The summed E-state index contributed by atoms with van der Waals surface area (Å²) in [6.45, 7) is 1.87. The molecule has 10 heteroatoms. The highest BCUT2D eigenvalue weighted by Gasteiger charge is 2.17. The first-order chi connectivity index (χ1) is 14.4. The summed E-state index contributed by atoms with van der Waals surface area (Å²) in [5.74, 6) is 2.24. The van der Waals surface area contributed by atoms with Gasteiger partial charge < -0.3 is 4.74 Å². The van der Waals surface area contributed by atoms with Crippen LogP contribution in [0.15, 0.2) is 78.2 Å². The van der Waals surface area contributed by atoms with E-state index in [1.807, 2.05) is 6.92 Å². The Hall–Kier alpha value is -3.43. The molecule has 2 heterocycles. The van der Waals surface area contributed by atoms with Gasteiger partial charge in [0.15, 0.2) is 0 Å². The van der Waals surface area contributed by atoms with Gasteiger partial charge in [-0.15, -0.1) is 0 Å². The summed E-state index contributed by atoms with van der Waals surface area (Å²) < 4.78 is 35.1. The molecule has 0 aliphatic carbocycles. The fourth-order valence-corrected chi connectivity index (χ4v) is 4.30. The van der Waals surface area contributed by atoms with Crippen LogP contribution in [0.3, 0.4) is 0 Å². The Morgan fingerprint density at radius 2 is 1.80 bits per heavy atom. The molecule has 8 nitrogen and oxygen atoms in total. The Kier molecular flexibility index (Phi) is 5.39. The maximum atomic E-state index is 12.5. The molecular formula is C20H16ClN5O3S. The van der Waals surface area contributed by atoms with Gasteiger partial charge in [-0.1, -0.05) is 23.7 Å². The van der Waals surface area contributed by atoms with E-state index in [0.717, 1.165) is 5.82 Å². The molecule has 0 aliphatic heterocycles. The third-order valence-electron chi connectivity index (χ3n) is 4.16. The van der Waals surface area contributed by atoms with Crippen LogP contribution in [0.4, 0.5) is 5.69 Å². The van der Waals surface area contributed by atoms with E-state index >= 15 is 0 Å². The summed E-state index contributed by atoms with van der Waals surface area (Å²) >= 11 is 5.99. The second-order valence-electron chi connectivity index (χ2n) is 6.22. The molecule has 4 aromatic rings. The van der Waals surface area contributed by atoms with Crippen molar-refractivity contribution in [3.05, 3.63) is 84.2 Å². The lowest BCUT2D eigenvalue weighted by Crippen LogP contribution is -2.13. The molecule has 2 aromatic heterocycles. The third-order valence-corrected chi connectivity index (χ3v) is 6.04. The number of halogens is 1. The number of hydrogen-bond acceptors (Lipinski definition) is 6. The zero-order chi connectivity index (χ0) is 21.1. The maximum absolute atomic E-state index is 12.5. The standard InChI is InChI=1S/C20H16ClN5O3S/c1-14-22-10-11-26(14)19-12-20(24-13-23-19)29-16-8-6-15(7-9-16)25-30(27,28)18-5-3-2-4-17(18)21/h2-13,25H,1H3. The molecule has 0 bridgehead atoms. The molecule has 0 saturated carbocycles. The van der Waals surface area contributed by atoms with E-state index in [4.69, 9.17) is 16.3 Å². The fourth-order valence-electron chi connectivity index (χ4n) is 2.72. The van der Waals surface area contributed by atoms with E-state index in [-0.39, 0.29) is 9.92 Å². The van der Waals surface area contributed by atoms with Gasteiger partial charge in [0.2, 0.25) is 5.88 Å². The van der Waals surface area contributed by atoms with Gasteiger partial charge in [0.25, 0.3) is 10.0 Å². The number of anilines is 1. The van der Waals surface area contributed by atoms with Crippen molar-refractivity contribution in [2.45, 2.75) is 11.8 Å². The van der Waals surface area contributed by atoms with Gasteiger partial charge in [-0.05, 0) is 43.3 Å². The van der Waals surface area contributed by atoms with Crippen molar-refractivity contribution in [3.8, 4) is 17.4 Å². The van der Waals surface area contributed by atoms with Crippen LogP contribution in [0, 0.1) is 6.92 Å². The van der Waals surface area contributed by atoms with Crippen LogP contribution in [0.2, 0.25) is 5.02 Å². The molecule has 0 spiro atoms. The summed E-state index contributed by atoms with van der Waals surface area (Å²) in [7, 11) is -3.80. The lowest BCUT2D eigenvalue weighted by Gasteiger charge is -2.11. The van der Waals surface area contributed by atoms with Gasteiger partial charge in [0, 0.05) is 24.1 Å². The number of ether oxygens (including phenoxy) is 1. The van der Waals surface area contributed by atoms with E-state index in [9.17, 15) is 8.42 Å². The third kappa shape index (κ3) is 4.27. The largest absolute Gasteiger partial charge is 0.439 e. The highest BCUT2D eigenvalue weighted by atomic mass is 35.5. The van der Waals surface area contributed by atoms with Crippen LogP contribution in [-0.2, 0) is 10.0 Å². The van der Waals surface area contributed by atoms with Crippen molar-refractivity contribution < 1.29 is 13.2 Å². The number of nitrogens with one attached hydrogen (secondary N) is 1. The normalized spacial score (nSPS) is 11.3. The molecule has 152 valence electrons. The van der Waals surface area contributed by atoms with Gasteiger partial charge in [-0.2, -0.15) is 0 Å². The first-order valence-corrected chi connectivity index (χ1v) is 10.7. The van der Waals surface area contributed by atoms with Crippen LogP contribution in [0.5, 0.6) is 11.6 Å². The average Bonchev–Trinajstić information content (AvgIpc) is 3.16. The van der Waals surface area contributed by atoms with Gasteiger partial charge >= 0.3 is 0 Å². The zero-order valence-electron chi connectivity index (χ0n) is 15.7.